The molecule has 1 unspecified atom stereocenters. The van der Waals surface area contributed by atoms with Gasteiger partial charge < -0.3 is 5.32 Å². The predicted octanol–water partition coefficient (Wildman–Crippen LogP) is 4.40. The zero-order chi connectivity index (χ0) is 13.7. The summed E-state index contributed by atoms with van der Waals surface area (Å²) in [4.78, 5) is 1.26. The highest BCUT2D eigenvalue weighted by molar-refractivity contribution is 7.98. The average molecular weight is 275 g/mol. The van der Waals surface area contributed by atoms with E-state index in [2.05, 4.69) is 35.8 Å². The van der Waals surface area contributed by atoms with Crippen molar-refractivity contribution >= 4 is 11.8 Å². The van der Waals surface area contributed by atoms with E-state index in [1.54, 1.807) is 17.8 Å². The Morgan fingerprint density at radius 3 is 2.42 bits per heavy atom. The number of halogens is 1. The summed E-state index contributed by atoms with van der Waals surface area (Å²) in [6.07, 6.45) is 2.06. The Morgan fingerprint density at radius 2 is 1.79 bits per heavy atom. The maximum absolute atomic E-state index is 13.6. The SMILES string of the molecule is CSc1ccc(CNC(C)c2ccccc2F)cc1. The van der Waals surface area contributed by atoms with Crippen LogP contribution in [0.4, 0.5) is 4.39 Å². The van der Waals surface area contributed by atoms with Gasteiger partial charge in [0.15, 0.2) is 0 Å². The summed E-state index contributed by atoms with van der Waals surface area (Å²) in [6.45, 7) is 2.72. The Hall–Kier alpha value is -1.32. The molecule has 1 nitrogen and oxygen atoms in total. The molecule has 0 aromatic heterocycles. The highest BCUT2D eigenvalue weighted by Gasteiger charge is 2.09. The molecule has 2 rings (SSSR count). The van der Waals surface area contributed by atoms with Crippen LogP contribution in [-0.4, -0.2) is 6.26 Å². The van der Waals surface area contributed by atoms with Crippen LogP contribution in [0.1, 0.15) is 24.1 Å². The second-order valence-electron chi connectivity index (χ2n) is 4.47. The van der Waals surface area contributed by atoms with Crippen molar-refractivity contribution in [2.75, 3.05) is 6.26 Å². The number of rotatable bonds is 5. The fraction of sp³-hybridized carbons (Fsp3) is 0.250. The third-order valence-electron chi connectivity index (χ3n) is 3.14. The fourth-order valence-electron chi connectivity index (χ4n) is 1.95. The lowest BCUT2D eigenvalue weighted by molar-refractivity contribution is 0.528. The lowest BCUT2D eigenvalue weighted by Gasteiger charge is -2.15. The van der Waals surface area contributed by atoms with Gasteiger partial charge in [-0.05, 0) is 36.9 Å². The van der Waals surface area contributed by atoms with E-state index in [4.69, 9.17) is 0 Å². The van der Waals surface area contributed by atoms with Gasteiger partial charge in [-0.25, -0.2) is 4.39 Å². The van der Waals surface area contributed by atoms with Crippen LogP contribution < -0.4 is 5.32 Å². The first-order valence-corrected chi connectivity index (χ1v) is 7.54. The first kappa shape index (κ1) is 14.1. The van der Waals surface area contributed by atoms with E-state index in [1.807, 2.05) is 19.1 Å². The van der Waals surface area contributed by atoms with Crippen molar-refractivity contribution in [3.05, 3.63) is 65.5 Å². The molecule has 0 bridgehead atoms. The van der Waals surface area contributed by atoms with Crippen molar-refractivity contribution < 1.29 is 4.39 Å². The molecule has 0 radical (unpaired) electrons. The highest BCUT2D eigenvalue weighted by Crippen LogP contribution is 2.18. The van der Waals surface area contributed by atoms with Crippen molar-refractivity contribution in [1.29, 1.82) is 0 Å². The summed E-state index contributed by atoms with van der Waals surface area (Å²) in [7, 11) is 0. The van der Waals surface area contributed by atoms with Crippen LogP contribution in [0.5, 0.6) is 0 Å². The fourth-order valence-corrected chi connectivity index (χ4v) is 2.36. The van der Waals surface area contributed by atoms with Crippen LogP contribution in [0.15, 0.2) is 53.4 Å². The van der Waals surface area contributed by atoms with E-state index in [-0.39, 0.29) is 11.9 Å². The molecule has 0 fully saturated rings. The van der Waals surface area contributed by atoms with Crippen molar-refractivity contribution in [3.8, 4) is 0 Å². The topological polar surface area (TPSA) is 12.0 Å². The number of nitrogens with one attached hydrogen (secondary N) is 1. The van der Waals surface area contributed by atoms with Crippen molar-refractivity contribution in [2.45, 2.75) is 24.4 Å². The van der Waals surface area contributed by atoms with Gasteiger partial charge in [-0.15, -0.1) is 11.8 Å². The third-order valence-corrected chi connectivity index (χ3v) is 3.89. The number of hydrogen-bond donors (Lipinski definition) is 1. The molecule has 1 N–H and O–H groups in total. The Morgan fingerprint density at radius 1 is 1.11 bits per heavy atom. The van der Waals surface area contributed by atoms with Crippen LogP contribution >= 0.6 is 11.8 Å². The molecule has 2 aromatic rings. The largest absolute Gasteiger partial charge is 0.306 e. The molecular weight excluding hydrogens is 257 g/mol. The standard InChI is InChI=1S/C16H18FNS/c1-12(15-5-3-4-6-16(15)17)18-11-13-7-9-14(19-2)10-8-13/h3-10,12,18H,11H2,1-2H3. The number of benzene rings is 2. The lowest BCUT2D eigenvalue weighted by Crippen LogP contribution is -2.19. The number of hydrogen-bond acceptors (Lipinski definition) is 2. The zero-order valence-corrected chi connectivity index (χ0v) is 12.0. The predicted molar refractivity (Wildman–Crippen MR) is 79.9 cm³/mol. The minimum absolute atomic E-state index is 0.00132. The van der Waals surface area contributed by atoms with E-state index in [9.17, 15) is 4.39 Å². The van der Waals surface area contributed by atoms with Crippen molar-refractivity contribution in [1.82, 2.24) is 5.32 Å². The summed E-state index contributed by atoms with van der Waals surface area (Å²) >= 11 is 1.73. The van der Waals surface area contributed by atoms with E-state index >= 15 is 0 Å². The molecule has 0 aliphatic rings. The molecule has 0 aliphatic heterocycles. The molecule has 0 saturated heterocycles. The second-order valence-corrected chi connectivity index (χ2v) is 5.35. The molecule has 1 atom stereocenters. The normalized spacial score (nSPS) is 12.4. The lowest BCUT2D eigenvalue weighted by atomic mass is 10.1. The van der Waals surface area contributed by atoms with Crippen LogP contribution in [0.2, 0.25) is 0 Å². The molecule has 0 heterocycles. The monoisotopic (exact) mass is 275 g/mol. The smallest absolute Gasteiger partial charge is 0.127 e. The molecule has 0 aliphatic carbocycles. The first-order valence-electron chi connectivity index (χ1n) is 6.31. The third kappa shape index (κ3) is 3.82. The summed E-state index contributed by atoms with van der Waals surface area (Å²) in [5.74, 6) is -0.153. The molecule has 0 spiro atoms. The second kappa shape index (κ2) is 6.73. The van der Waals surface area contributed by atoms with Crippen LogP contribution in [0.25, 0.3) is 0 Å². The van der Waals surface area contributed by atoms with Gasteiger partial charge in [0, 0.05) is 23.0 Å². The van der Waals surface area contributed by atoms with Crippen molar-refractivity contribution in [2.24, 2.45) is 0 Å². The summed E-state index contributed by atoms with van der Waals surface area (Å²) in [5.41, 5.74) is 1.92. The Bertz CT molecular complexity index is 525. The molecule has 2 aromatic carbocycles. The summed E-state index contributed by atoms with van der Waals surface area (Å²) < 4.78 is 13.6. The van der Waals surface area contributed by atoms with Gasteiger partial charge >= 0.3 is 0 Å². The van der Waals surface area contributed by atoms with Gasteiger partial charge in [-0.3, -0.25) is 0 Å². The van der Waals surface area contributed by atoms with Crippen LogP contribution in [0, 0.1) is 5.82 Å². The van der Waals surface area contributed by atoms with Crippen molar-refractivity contribution in [3.63, 3.8) is 0 Å². The first-order chi connectivity index (χ1) is 9.20. The van der Waals surface area contributed by atoms with E-state index in [1.165, 1.54) is 16.5 Å². The molecular formula is C16H18FNS. The average Bonchev–Trinajstić information content (AvgIpc) is 2.46. The van der Waals surface area contributed by atoms with E-state index < -0.39 is 0 Å². The Kier molecular flexibility index (Phi) is 5.00. The van der Waals surface area contributed by atoms with E-state index in [0.29, 0.717) is 5.56 Å². The Balaban J connectivity index is 1.96. The molecule has 3 heteroatoms. The van der Waals surface area contributed by atoms with Gasteiger partial charge in [0.25, 0.3) is 0 Å². The quantitative estimate of drug-likeness (QED) is 0.812. The summed E-state index contributed by atoms with van der Waals surface area (Å²) in [5, 5.41) is 3.35. The maximum Gasteiger partial charge on any atom is 0.127 e. The molecule has 0 saturated carbocycles. The van der Waals surface area contributed by atoms with Gasteiger partial charge in [0.2, 0.25) is 0 Å². The van der Waals surface area contributed by atoms with Gasteiger partial charge in [0.05, 0.1) is 0 Å². The van der Waals surface area contributed by atoms with Gasteiger partial charge in [0.1, 0.15) is 5.82 Å². The van der Waals surface area contributed by atoms with Crippen LogP contribution in [0.3, 0.4) is 0 Å². The maximum atomic E-state index is 13.6. The minimum Gasteiger partial charge on any atom is -0.306 e. The molecule has 100 valence electrons. The van der Waals surface area contributed by atoms with Crippen LogP contribution in [-0.2, 0) is 6.54 Å². The van der Waals surface area contributed by atoms with Gasteiger partial charge in [-0.1, -0.05) is 30.3 Å². The zero-order valence-electron chi connectivity index (χ0n) is 11.2. The molecule has 0 amide bonds. The van der Waals surface area contributed by atoms with E-state index in [0.717, 1.165) is 6.54 Å². The summed E-state index contributed by atoms with van der Waals surface area (Å²) in [6, 6.07) is 15.3. The minimum atomic E-state index is -0.153. The highest BCUT2D eigenvalue weighted by atomic mass is 32.2. The van der Waals surface area contributed by atoms with Gasteiger partial charge in [-0.2, -0.15) is 0 Å². The number of thioether (sulfide) groups is 1. The molecule has 19 heavy (non-hydrogen) atoms. The Labute approximate surface area is 118 Å².